The highest BCUT2D eigenvalue weighted by molar-refractivity contribution is 5.68. The number of hydrogen-bond acceptors (Lipinski definition) is 5. The van der Waals surface area contributed by atoms with E-state index in [2.05, 4.69) is 18.5 Å². The van der Waals surface area contributed by atoms with Gasteiger partial charge in [0.05, 0.1) is 19.3 Å². The lowest BCUT2D eigenvalue weighted by Gasteiger charge is -2.25. The molecule has 122 valence electrons. The molecular formula is C17H19NO5. The number of carbonyl (C=O) groups is 1. The van der Waals surface area contributed by atoms with Crippen molar-refractivity contribution < 1.29 is 23.7 Å². The summed E-state index contributed by atoms with van der Waals surface area (Å²) in [5.41, 5.74) is 1.83. The number of rotatable bonds is 5. The molecule has 1 fully saturated rings. The van der Waals surface area contributed by atoms with Crippen LogP contribution in [-0.2, 0) is 9.47 Å². The van der Waals surface area contributed by atoms with Crippen LogP contribution in [0.5, 0.6) is 11.5 Å². The van der Waals surface area contributed by atoms with Crippen molar-refractivity contribution in [2.24, 2.45) is 5.92 Å². The fraction of sp³-hybridized carbons (Fsp3) is 0.353. The molecule has 23 heavy (non-hydrogen) atoms. The fourth-order valence-electron chi connectivity index (χ4n) is 2.70. The Morgan fingerprint density at radius 3 is 3.00 bits per heavy atom. The highest BCUT2D eigenvalue weighted by Crippen LogP contribution is 2.38. The van der Waals surface area contributed by atoms with Crippen LogP contribution in [0.4, 0.5) is 4.79 Å². The molecule has 0 aliphatic carbocycles. The summed E-state index contributed by atoms with van der Waals surface area (Å²) in [6.07, 6.45) is 1.01. The summed E-state index contributed by atoms with van der Waals surface area (Å²) < 4.78 is 21.2. The molecule has 1 N–H and O–H groups in total. The normalized spacial score (nSPS) is 20.2. The van der Waals surface area contributed by atoms with Crippen molar-refractivity contribution in [1.29, 1.82) is 0 Å². The minimum Gasteiger partial charge on any atom is -0.454 e. The summed E-state index contributed by atoms with van der Waals surface area (Å²) in [7, 11) is 0. The van der Waals surface area contributed by atoms with Crippen molar-refractivity contribution >= 4 is 6.09 Å². The van der Waals surface area contributed by atoms with Gasteiger partial charge in [0.15, 0.2) is 11.5 Å². The van der Waals surface area contributed by atoms with Gasteiger partial charge in [-0.2, -0.15) is 0 Å². The van der Waals surface area contributed by atoms with Gasteiger partial charge in [0, 0.05) is 5.92 Å². The average Bonchev–Trinajstić information content (AvgIpc) is 3.18. The molecule has 0 spiro atoms. The highest BCUT2D eigenvalue weighted by Gasteiger charge is 2.32. The molecular weight excluding hydrogens is 298 g/mol. The Bertz CT molecular complexity index is 627. The number of hydrogen-bond donors (Lipinski definition) is 1. The predicted octanol–water partition coefficient (Wildman–Crippen LogP) is 2.57. The maximum atomic E-state index is 12.0. The third kappa shape index (κ3) is 3.32. The van der Waals surface area contributed by atoms with Gasteiger partial charge in [-0.15, -0.1) is 0 Å². The zero-order chi connectivity index (χ0) is 16.2. The Labute approximate surface area is 134 Å². The first-order valence-corrected chi connectivity index (χ1v) is 7.38. The van der Waals surface area contributed by atoms with Crippen LogP contribution in [0.15, 0.2) is 43.0 Å². The minimum atomic E-state index is -0.507. The van der Waals surface area contributed by atoms with Crippen molar-refractivity contribution in [1.82, 2.24) is 5.32 Å². The van der Waals surface area contributed by atoms with Gasteiger partial charge in [-0.25, -0.2) is 4.79 Å². The second-order valence-electron chi connectivity index (χ2n) is 5.40. The van der Waals surface area contributed by atoms with E-state index in [1.165, 1.54) is 6.08 Å². The first kappa shape index (κ1) is 15.4. The molecule has 1 amide bonds. The summed E-state index contributed by atoms with van der Waals surface area (Å²) >= 11 is 0. The Hall–Kier alpha value is -2.47. The quantitative estimate of drug-likeness (QED) is 0.846. The van der Waals surface area contributed by atoms with Crippen LogP contribution in [0, 0.1) is 5.92 Å². The molecule has 0 radical (unpaired) electrons. The second-order valence-corrected chi connectivity index (χ2v) is 5.40. The van der Waals surface area contributed by atoms with Crippen molar-refractivity contribution in [2.75, 3.05) is 26.6 Å². The van der Waals surface area contributed by atoms with Gasteiger partial charge in [-0.3, -0.25) is 0 Å². The van der Waals surface area contributed by atoms with Crippen LogP contribution in [0.2, 0.25) is 0 Å². The second kappa shape index (κ2) is 6.75. The van der Waals surface area contributed by atoms with Crippen molar-refractivity contribution in [3.63, 3.8) is 0 Å². The van der Waals surface area contributed by atoms with E-state index in [9.17, 15) is 4.79 Å². The smallest absolute Gasteiger partial charge is 0.407 e. The summed E-state index contributed by atoms with van der Waals surface area (Å²) in [4.78, 5) is 12.0. The Morgan fingerprint density at radius 1 is 1.43 bits per heavy atom. The van der Waals surface area contributed by atoms with Crippen molar-refractivity contribution in [3.05, 3.63) is 48.6 Å². The molecule has 0 unspecified atom stereocenters. The van der Waals surface area contributed by atoms with E-state index in [1.807, 2.05) is 18.2 Å². The minimum absolute atomic E-state index is 0.0216. The van der Waals surface area contributed by atoms with E-state index in [4.69, 9.17) is 18.9 Å². The lowest BCUT2D eigenvalue weighted by Crippen LogP contribution is -2.34. The van der Waals surface area contributed by atoms with Crippen LogP contribution >= 0.6 is 0 Å². The molecule has 2 aliphatic rings. The Kier molecular flexibility index (Phi) is 4.52. The fourth-order valence-corrected chi connectivity index (χ4v) is 2.70. The average molecular weight is 317 g/mol. The molecule has 0 bridgehead atoms. The molecule has 0 aromatic heterocycles. The molecule has 6 heteroatoms. The monoisotopic (exact) mass is 317 g/mol. The van der Waals surface area contributed by atoms with Crippen molar-refractivity contribution in [3.8, 4) is 11.5 Å². The number of benzene rings is 1. The molecule has 1 saturated heterocycles. The molecule has 0 saturated carbocycles. The van der Waals surface area contributed by atoms with Crippen LogP contribution in [0.1, 0.15) is 11.6 Å². The maximum Gasteiger partial charge on any atom is 0.407 e. The molecule has 6 nitrogen and oxygen atoms in total. The van der Waals surface area contributed by atoms with E-state index in [0.717, 1.165) is 11.1 Å². The van der Waals surface area contributed by atoms with Gasteiger partial charge >= 0.3 is 6.09 Å². The zero-order valence-electron chi connectivity index (χ0n) is 12.7. The van der Waals surface area contributed by atoms with E-state index >= 15 is 0 Å². The maximum absolute atomic E-state index is 12.0. The third-order valence-corrected chi connectivity index (χ3v) is 3.87. The van der Waals surface area contributed by atoms with Gasteiger partial charge in [0.25, 0.3) is 0 Å². The number of alkyl carbamates (subject to hydrolysis) is 1. The lowest BCUT2D eigenvalue weighted by atomic mass is 9.89. The van der Waals surface area contributed by atoms with Crippen LogP contribution in [0.25, 0.3) is 0 Å². The Balaban J connectivity index is 1.83. The number of fused-ring (bicyclic) bond motifs is 1. The first-order valence-electron chi connectivity index (χ1n) is 7.38. The zero-order valence-corrected chi connectivity index (χ0v) is 12.7. The third-order valence-electron chi connectivity index (χ3n) is 3.87. The molecule has 2 atom stereocenters. The largest absolute Gasteiger partial charge is 0.454 e. The summed E-state index contributed by atoms with van der Waals surface area (Å²) in [5.74, 6) is 1.34. The standard InChI is InChI=1S/C17H19NO5/c1-3-6-21-17(19)18-16(13-9-20-8-11(13)2)12-4-5-14-15(7-12)23-10-22-14/h3-5,7,13,16H,1-2,6,8-10H2,(H,18,19)/t13-,16-/m0/s1. The summed E-state index contributed by atoms with van der Waals surface area (Å²) in [6, 6.07) is 5.29. The lowest BCUT2D eigenvalue weighted by molar-refractivity contribution is 0.144. The Morgan fingerprint density at radius 2 is 2.26 bits per heavy atom. The van der Waals surface area contributed by atoms with E-state index in [-0.39, 0.29) is 25.4 Å². The van der Waals surface area contributed by atoms with Gasteiger partial charge in [-0.1, -0.05) is 25.3 Å². The van der Waals surface area contributed by atoms with Crippen LogP contribution in [-0.4, -0.2) is 32.7 Å². The number of ether oxygens (including phenoxy) is 4. The number of nitrogens with one attached hydrogen (secondary N) is 1. The van der Waals surface area contributed by atoms with Gasteiger partial charge in [0.1, 0.15) is 6.61 Å². The van der Waals surface area contributed by atoms with Gasteiger partial charge in [-0.05, 0) is 23.3 Å². The van der Waals surface area contributed by atoms with E-state index < -0.39 is 6.09 Å². The summed E-state index contributed by atoms with van der Waals surface area (Å²) in [5, 5.41) is 2.89. The molecule has 2 heterocycles. The first-order chi connectivity index (χ1) is 11.2. The molecule has 2 aliphatic heterocycles. The van der Waals surface area contributed by atoms with Crippen LogP contribution < -0.4 is 14.8 Å². The SMILES string of the molecule is C=CCOC(=O)N[C@@H](c1ccc2c(c1)OCO2)[C@H]1COCC1=C. The van der Waals surface area contributed by atoms with Gasteiger partial charge in [0.2, 0.25) is 6.79 Å². The van der Waals surface area contributed by atoms with Crippen molar-refractivity contribution in [2.45, 2.75) is 6.04 Å². The number of carbonyl (C=O) groups excluding carboxylic acids is 1. The highest BCUT2D eigenvalue weighted by atomic mass is 16.7. The molecule has 1 aromatic carbocycles. The number of amides is 1. The summed E-state index contributed by atoms with van der Waals surface area (Å²) in [6.45, 7) is 8.92. The van der Waals surface area contributed by atoms with E-state index in [1.54, 1.807) is 0 Å². The molecule has 3 rings (SSSR count). The predicted molar refractivity (Wildman–Crippen MR) is 83.4 cm³/mol. The van der Waals surface area contributed by atoms with Gasteiger partial charge < -0.3 is 24.3 Å². The molecule has 1 aromatic rings. The van der Waals surface area contributed by atoms with Crippen LogP contribution in [0.3, 0.4) is 0 Å². The topological polar surface area (TPSA) is 66.0 Å². The van der Waals surface area contributed by atoms with E-state index in [0.29, 0.717) is 24.7 Å².